The average Bonchev–Trinajstić information content (AvgIpc) is 3.89. The minimum atomic E-state index is -4.85. The third-order valence-electron chi connectivity index (χ3n) is 10.3. The number of aliphatic imine (C=N–C) groups is 2. The normalized spacial score (nSPS) is 22.1. The fraction of sp³-hybridized carbons (Fsp3) is 0.514. The van der Waals surface area contributed by atoms with Crippen LogP contribution >= 0.6 is 0 Å². The predicted octanol–water partition coefficient (Wildman–Crippen LogP) is 5.83. The predicted molar refractivity (Wildman–Crippen MR) is 189 cm³/mol. The molecule has 0 radical (unpaired) electrons. The van der Waals surface area contributed by atoms with Crippen LogP contribution in [0.25, 0.3) is 0 Å². The van der Waals surface area contributed by atoms with Gasteiger partial charge in [0.2, 0.25) is 11.8 Å². The maximum Gasteiger partial charge on any atom is 0.417 e. The molecular weight excluding hydrogens is 682 g/mol. The number of piperazine rings is 1. The second-order valence-corrected chi connectivity index (χ2v) is 14.0. The van der Waals surface area contributed by atoms with Crippen molar-refractivity contribution in [3.8, 4) is 11.5 Å². The Hall–Kier alpha value is -4.50. The summed E-state index contributed by atoms with van der Waals surface area (Å²) < 4.78 is 68.4. The molecule has 2 aliphatic carbocycles. The number of carbonyl (C=O) groups excluding carboxylic acids is 2. The number of rotatable bonds is 10. The SMILES string of the molecule is C=N/C(=N\C(Oc1cccc2c1C(=O)N(C)C2)=C(/C)C(F)(F)F)Nc1cc(F)c(C(=O)N[C@H]2CC[C@H](N3CCN(CC4CC4)CC3)CC2)cc1OC. The minimum absolute atomic E-state index is 0.0148. The third kappa shape index (κ3) is 8.58. The summed E-state index contributed by atoms with van der Waals surface area (Å²) in [7, 11) is 2.87. The van der Waals surface area contributed by atoms with E-state index in [-0.39, 0.29) is 40.9 Å². The van der Waals surface area contributed by atoms with Crippen molar-refractivity contribution >= 4 is 30.2 Å². The van der Waals surface area contributed by atoms with Gasteiger partial charge in [0.15, 0.2) is 0 Å². The second-order valence-electron chi connectivity index (χ2n) is 14.0. The van der Waals surface area contributed by atoms with Crippen LogP contribution in [0.15, 0.2) is 51.8 Å². The molecule has 2 aliphatic heterocycles. The molecule has 4 aliphatic rings. The molecule has 2 amide bonds. The van der Waals surface area contributed by atoms with E-state index in [2.05, 4.69) is 37.1 Å². The Bertz CT molecular complexity index is 1740. The van der Waals surface area contributed by atoms with Crippen LogP contribution in [0.5, 0.6) is 11.5 Å². The van der Waals surface area contributed by atoms with Gasteiger partial charge in [-0.3, -0.25) is 14.5 Å². The highest BCUT2D eigenvalue weighted by Gasteiger charge is 2.36. The van der Waals surface area contributed by atoms with Crippen molar-refractivity contribution in [1.29, 1.82) is 0 Å². The lowest BCUT2D eigenvalue weighted by Gasteiger charge is -2.42. The Morgan fingerprint density at radius 1 is 1.04 bits per heavy atom. The number of methoxy groups -OCH3 is 1. The number of allylic oxidation sites excluding steroid dienone is 1. The highest BCUT2D eigenvalue weighted by molar-refractivity contribution is 6.01. The molecule has 2 heterocycles. The molecule has 2 aromatic rings. The fourth-order valence-corrected chi connectivity index (χ4v) is 7.10. The van der Waals surface area contributed by atoms with E-state index in [0.29, 0.717) is 11.6 Å². The Morgan fingerprint density at radius 2 is 1.75 bits per heavy atom. The van der Waals surface area contributed by atoms with Gasteiger partial charge in [0.05, 0.1) is 29.5 Å². The zero-order valence-corrected chi connectivity index (χ0v) is 29.7. The van der Waals surface area contributed by atoms with E-state index in [1.54, 1.807) is 19.2 Å². The molecular formula is C37H45F4N7O4. The van der Waals surface area contributed by atoms with Crippen molar-refractivity contribution in [1.82, 2.24) is 20.0 Å². The third-order valence-corrected chi connectivity index (χ3v) is 10.3. The van der Waals surface area contributed by atoms with Crippen LogP contribution in [-0.2, 0) is 6.54 Å². The van der Waals surface area contributed by atoms with Crippen LogP contribution in [0.4, 0.5) is 23.2 Å². The van der Waals surface area contributed by atoms with E-state index >= 15 is 4.39 Å². The Kier molecular flexibility index (Phi) is 11.2. The average molecular weight is 728 g/mol. The Balaban J connectivity index is 1.12. The van der Waals surface area contributed by atoms with Gasteiger partial charge in [-0.1, -0.05) is 12.1 Å². The van der Waals surface area contributed by atoms with E-state index in [1.165, 1.54) is 43.5 Å². The highest BCUT2D eigenvalue weighted by Crippen LogP contribution is 2.36. The van der Waals surface area contributed by atoms with Gasteiger partial charge in [-0.2, -0.15) is 18.2 Å². The van der Waals surface area contributed by atoms with Gasteiger partial charge in [-0.15, -0.1) is 0 Å². The molecule has 0 unspecified atom stereocenters. The zero-order chi connectivity index (χ0) is 37.2. The molecule has 52 heavy (non-hydrogen) atoms. The molecule has 6 rings (SSSR count). The van der Waals surface area contributed by atoms with Gasteiger partial charge in [0.25, 0.3) is 11.8 Å². The number of guanidine groups is 1. The maximum atomic E-state index is 15.5. The number of halogens is 4. The van der Waals surface area contributed by atoms with Crippen LogP contribution in [0.2, 0.25) is 0 Å². The first-order valence-corrected chi connectivity index (χ1v) is 17.6. The van der Waals surface area contributed by atoms with Crippen molar-refractivity contribution in [2.45, 2.75) is 70.3 Å². The summed E-state index contributed by atoms with van der Waals surface area (Å²) in [5, 5.41) is 5.61. The number of carbonyl (C=O) groups is 2. The monoisotopic (exact) mass is 727 g/mol. The van der Waals surface area contributed by atoms with Crippen molar-refractivity contribution in [3.63, 3.8) is 0 Å². The lowest BCUT2D eigenvalue weighted by molar-refractivity contribution is -0.0938. The first-order chi connectivity index (χ1) is 24.8. The summed E-state index contributed by atoms with van der Waals surface area (Å²) in [4.78, 5) is 40.2. The Morgan fingerprint density at radius 3 is 2.38 bits per heavy atom. The zero-order valence-electron chi connectivity index (χ0n) is 29.7. The Labute approximate surface area is 300 Å². The summed E-state index contributed by atoms with van der Waals surface area (Å²) >= 11 is 0. The number of benzene rings is 2. The van der Waals surface area contributed by atoms with Gasteiger partial charge in [0, 0.05) is 64.5 Å². The molecule has 0 bridgehead atoms. The van der Waals surface area contributed by atoms with Crippen LogP contribution in [0.1, 0.15) is 71.7 Å². The number of ether oxygens (including phenoxy) is 2. The molecule has 15 heteroatoms. The summed E-state index contributed by atoms with van der Waals surface area (Å²) in [5.74, 6) is -2.49. The molecule has 2 N–H and O–H groups in total. The first-order valence-electron chi connectivity index (χ1n) is 17.6. The van der Waals surface area contributed by atoms with Gasteiger partial charge < -0.3 is 29.9 Å². The van der Waals surface area contributed by atoms with Gasteiger partial charge in [-0.25, -0.2) is 9.38 Å². The van der Waals surface area contributed by atoms with E-state index < -0.39 is 41.2 Å². The van der Waals surface area contributed by atoms with Crippen molar-refractivity contribution < 1.29 is 36.6 Å². The molecule has 280 valence electrons. The largest absolute Gasteiger partial charge is 0.495 e. The van der Waals surface area contributed by atoms with E-state index in [4.69, 9.17) is 9.47 Å². The molecule has 0 spiro atoms. The minimum Gasteiger partial charge on any atom is -0.495 e. The molecule has 11 nitrogen and oxygen atoms in total. The lowest BCUT2D eigenvalue weighted by atomic mass is 9.89. The highest BCUT2D eigenvalue weighted by atomic mass is 19.4. The standard InChI is InChI=1S/C37H45F4N7O4/c1-22(37(39,40)41)34(52-30-7-5-6-24-21-46(3)35(50)32(24)30)45-36(42-2)44-29-19-28(38)27(18-31(29)51-4)33(49)43-25-10-12-26(13-11-25)48-16-14-47(15-17-48)20-23-8-9-23/h5-7,18-19,23,25-26H,2,8-17,20-21H2,1,3-4H3,(H,43,49)(H,44,45)/b34-22-/t25-,26-. The number of anilines is 1. The summed E-state index contributed by atoms with van der Waals surface area (Å²) in [6.07, 6.45) is 1.34. The van der Waals surface area contributed by atoms with Crippen molar-refractivity contribution in [3.05, 3.63) is 64.3 Å². The van der Waals surface area contributed by atoms with Gasteiger partial charge in [0.1, 0.15) is 17.3 Å². The van der Waals surface area contributed by atoms with Crippen LogP contribution < -0.4 is 20.1 Å². The maximum absolute atomic E-state index is 15.5. The van der Waals surface area contributed by atoms with Crippen molar-refractivity contribution in [2.75, 3.05) is 52.2 Å². The van der Waals surface area contributed by atoms with Gasteiger partial charge >= 0.3 is 6.18 Å². The smallest absolute Gasteiger partial charge is 0.417 e. The van der Waals surface area contributed by atoms with E-state index in [9.17, 15) is 22.8 Å². The number of nitrogens with one attached hydrogen (secondary N) is 2. The van der Waals surface area contributed by atoms with Crippen LogP contribution in [-0.4, -0.2) is 104 Å². The number of hydrogen-bond acceptors (Lipinski definition) is 7. The molecule has 2 aromatic carbocycles. The topological polar surface area (TPSA) is 111 Å². The van der Waals surface area contributed by atoms with Crippen LogP contribution in [0.3, 0.4) is 0 Å². The van der Waals surface area contributed by atoms with E-state index in [0.717, 1.165) is 70.8 Å². The first kappa shape index (κ1) is 37.3. The summed E-state index contributed by atoms with van der Waals surface area (Å²) in [5.41, 5.74) is -0.815. The fourth-order valence-electron chi connectivity index (χ4n) is 7.10. The summed E-state index contributed by atoms with van der Waals surface area (Å²) in [6.45, 7) is 9.98. The van der Waals surface area contributed by atoms with Crippen molar-refractivity contribution in [2.24, 2.45) is 15.9 Å². The second kappa shape index (κ2) is 15.6. The molecule has 1 saturated heterocycles. The van der Waals surface area contributed by atoms with Gasteiger partial charge in [-0.05, 0) is 75.8 Å². The molecule has 0 aromatic heterocycles. The molecule has 3 fully saturated rings. The molecule has 2 saturated carbocycles. The number of fused-ring (bicyclic) bond motifs is 1. The van der Waals surface area contributed by atoms with Crippen LogP contribution in [0, 0.1) is 11.7 Å². The number of hydrogen-bond donors (Lipinski definition) is 2. The quantitative estimate of drug-likeness (QED) is 0.137. The lowest BCUT2D eigenvalue weighted by Crippen LogP contribution is -2.52. The molecule has 0 atom stereocenters. The number of nitrogens with zero attached hydrogens (tertiary/aromatic N) is 5. The number of amides is 2. The number of alkyl halides is 3. The van der Waals surface area contributed by atoms with E-state index in [1.807, 2.05) is 0 Å². The summed E-state index contributed by atoms with van der Waals surface area (Å²) in [6, 6.07) is 7.18.